The van der Waals surface area contributed by atoms with Gasteiger partial charge in [0.15, 0.2) is 0 Å². The van der Waals surface area contributed by atoms with Gasteiger partial charge in [-0.25, -0.2) is 4.39 Å². The molecule has 0 atom stereocenters. The molecule has 0 spiro atoms. The Kier molecular flexibility index (Phi) is 5.30. The molecule has 128 valence electrons. The summed E-state index contributed by atoms with van der Waals surface area (Å²) in [6.45, 7) is 0.733. The summed E-state index contributed by atoms with van der Waals surface area (Å²) in [5.41, 5.74) is 0.666. The van der Waals surface area contributed by atoms with E-state index in [1.54, 1.807) is 24.3 Å². The van der Waals surface area contributed by atoms with Crippen molar-refractivity contribution < 1.29 is 9.13 Å². The fraction of sp³-hybridized carbons (Fsp3) is 0.111. The van der Waals surface area contributed by atoms with E-state index in [0.717, 1.165) is 0 Å². The number of hydrogen-bond donors (Lipinski definition) is 1. The van der Waals surface area contributed by atoms with E-state index in [1.807, 2.05) is 18.2 Å². The van der Waals surface area contributed by atoms with Crippen molar-refractivity contribution in [3.8, 4) is 11.4 Å². The van der Waals surface area contributed by atoms with Crippen molar-refractivity contribution >= 4 is 17.3 Å². The third-order valence-electron chi connectivity index (χ3n) is 3.42. The SMILES string of the molecule is O=c1c(Cl)c(NCCOc2ccc(F)cc2)cnn1-c1ccccc1. The Bertz CT molecular complexity index is 898. The highest BCUT2D eigenvalue weighted by Crippen LogP contribution is 2.16. The van der Waals surface area contributed by atoms with Crippen molar-refractivity contribution in [2.45, 2.75) is 0 Å². The largest absolute Gasteiger partial charge is 0.492 e. The summed E-state index contributed by atoms with van der Waals surface area (Å²) in [6, 6.07) is 14.8. The van der Waals surface area contributed by atoms with Gasteiger partial charge in [0.1, 0.15) is 23.2 Å². The zero-order valence-corrected chi connectivity index (χ0v) is 13.9. The van der Waals surface area contributed by atoms with Crippen LogP contribution in [0.3, 0.4) is 0 Å². The number of benzene rings is 2. The first-order valence-corrected chi connectivity index (χ1v) is 7.98. The summed E-state index contributed by atoms with van der Waals surface area (Å²) >= 11 is 6.14. The molecular weight excluding hydrogens is 345 g/mol. The van der Waals surface area contributed by atoms with Crippen molar-refractivity contribution in [1.29, 1.82) is 0 Å². The zero-order chi connectivity index (χ0) is 17.6. The molecule has 2 aromatic carbocycles. The normalized spacial score (nSPS) is 10.5. The van der Waals surface area contributed by atoms with E-state index >= 15 is 0 Å². The lowest BCUT2D eigenvalue weighted by Gasteiger charge is -2.11. The summed E-state index contributed by atoms with van der Waals surface area (Å²) in [5.74, 6) is 0.245. The van der Waals surface area contributed by atoms with Crippen LogP contribution in [-0.2, 0) is 0 Å². The van der Waals surface area contributed by atoms with Crippen molar-refractivity contribution in [2.75, 3.05) is 18.5 Å². The Hall–Kier alpha value is -2.86. The third-order valence-corrected chi connectivity index (χ3v) is 3.78. The van der Waals surface area contributed by atoms with E-state index in [-0.39, 0.29) is 10.8 Å². The van der Waals surface area contributed by atoms with Crippen LogP contribution in [0, 0.1) is 5.82 Å². The monoisotopic (exact) mass is 359 g/mol. The Morgan fingerprint density at radius 1 is 1.12 bits per heavy atom. The number of ether oxygens (including phenoxy) is 1. The minimum absolute atomic E-state index is 0.0561. The van der Waals surface area contributed by atoms with Crippen LogP contribution >= 0.6 is 11.6 Å². The summed E-state index contributed by atoms with van der Waals surface area (Å²) in [4.78, 5) is 12.3. The minimum Gasteiger partial charge on any atom is -0.492 e. The maximum Gasteiger partial charge on any atom is 0.292 e. The maximum absolute atomic E-state index is 12.8. The molecule has 0 fully saturated rings. The molecule has 0 amide bonds. The molecule has 3 aromatic rings. The highest BCUT2D eigenvalue weighted by molar-refractivity contribution is 6.32. The molecule has 1 aromatic heterocycles. The lowest BCUT2D eigenvalue weighted by Crippen LogP contribution is -2.23. The molecule has 0 radical (unpaired) electrons. The lowest BCUT2D eigenvalue weighted by molar-refractivity contribution is 0.332. The van der Waals surface area contributed by atoms with Gasteiger partial charge in [0.2, 0.25) is 0 Å². The summed E-state index contributed by atoms with van der Waals surface area (Å²) in [5, 5.41) is 7.19. The van der Waals surface area contributed by atoms with E-state index in [4.69, 9.17) is 16.3 Å². The summed E-state index contributed by atoms with van der Waals surface area (Å²) in [6.07, 6.45) is 1.49. The smallest absolute Gasteiger partial charge is 0.292 e. The maximum atomic E-state index is 12.8. The van der Waals surface area contributed by atoms with E-state index in [2.05, 4.69) is 10.4 Å². The van der Waals surface area contributed by atoms with Crippen LogP contribution in [0.4, 0.5) is 10.1 Å². The number of rotatable bonds is 6. The molecule has 0 aliphatic carbocycles. The van der Waals surface area contributed by atoms with Crippen LogP contribution in [0.2, 0.25) is 5.02 Å². The zero-order valence-electron chi connectivity index (χ0n) is 13.2. The van der Waals surface area contributed by atoms with Gasteiger partial charge in [-0.05, 0) is 36.4 Å². The van der Waals surface area contributed by atoms with Crippen LogP contribution in [0.25, 0.3) is 5.69 Å². The molecule has 1 heterocycles. The van der Waals surface area contributed by atoms with E-state index in [0.29, 0.717) is 30.3 Å². The van der Waals surface area contributed by atoms with Gasteiger partial charge in [0.05, 0.1) is 17.6 Å². The Morgan fingerprint density at radius 3 is 2.56 bits per heavy atom. The second kappa shape index (κ2) is 7.81. The van der Waals surface area contributed by atoms with Gasteiger partial charge in [-0.1, -0.05) is 29.8 Å². The number of hydrogen-bond acceptors (Lipinski definition) is 4. The van der Waals surface area contributed by atoms with Crippen LogP contribution in [0.15, 0.2) is 65.6 Å². The van der Waals surface area contributed by atoms with Crippen molar-refractivity contribution in [3.05, 3.63) is 82.0 Å². The molecule has 3 rings (SSSR count). The number of para-hydroxylation sites is 1. The van der Waals surface area contributed by atoms with E-state index < -0.39 is 5.56 Å². The van der Waals surface area contributed by atoms with Gasteiger partial charge in [0.25, 0.3) is 5.56 Å². The molecule has 5 nitrogen and oxygen atoms in total. The van der Waals surface area contributed by atoms with Crippen molar-refractivity contribution in [2.24, 2.45) is 0 Å². The van der Waals surface area contributed by atoms with Crippen molar-refractivity contribution in [1.82, 2.24) is 9.78 Å². The number of anilines is 1. The second-order valence-electron chi connectivity index (χ2n) is 5.15. The summed E-state index contributed by atoms with van der Waals surface area (Å²) in [7, 11) is 0. The number of nitrogens with one attached hydrogen (secondary N) is 1. The van der Waals surface area contributed by atoms with E-state index in [1.165, 1.54) is 23.0 Å². The molecule has 0 saturated heterocycles. The van der Waals surface area contributed by atoms with Crippen LogP contribution in [0.1, 0.15) is 0 Å². The molecule has 1 N–H and O–H groups in total. The number of halogens is 2. The van der Waals surface area contributed by atoms with Crippen molar-refractivity contribution in [3.63, 3.8) is 0 Å². The minimum atomic E-state index is -0.405. The number of aromatic nitrogens is 2. The quantitative estimate of drug-likeness (QED) is 0.684. The predicted octanol–water partition coefficient (Wildman–Crippen LogP) is 3.52. The topological polar surface area (TPSA) is 56.1 Å². The Balaban J connectivity index is 1.62. The van der Waals surface area contributed by atoms with Gasteiger partial charge in [-0.3, -0.25) is 4.79 Å². The van der Waals surface area contributed by atoms with Gasteiger partial charge >= 0.3 is 0 Å². The first-order valence-electron chi connectivity index (χ1n) is 7.60. The average molecular weight is 360 g/mol. The second-order valence-corrected chi connectivity index (χ2v) is 5.53. The van der Waals surface area contributed by atoms with Gasteiger partial charge in [-0.15, -0.1) is 0 Å². The fourth-order valence-corrected chi connectivity index (χ4v) is 2.39. The number of nitrogens with zero attached hydrogens (tertiary/aromatic N) is 2. The predicted molar refractivity (Wildman–Crippen MR) is 95.2 cm³/mol. The van der Waals surface area contributed by atoms with Crippen LogP contribution in [-0.4, -0.2) is 22.9 Å². The first kappa shape index (κ1) is 17.0. The summed E-state index contributed by atoms with van der Waals surface area (Å²) < 4.78 is 19.5. The Labute approximate surface area is 148 Å². The van der Waals surface area contributed by atoms with Gasteiger partial charge in [-0.2, -0.15) is 9.78 Å². The molecule has 0 unspecified atom stereocenters. The molecule has 0 aliphatic rings. The first-order chi connectivity index (χ1) is 12.1. The third kappa shape index (κ3) is 4.16. The van der Waals surface area contributed by atoms with Crippen LogP contribution in [0.5, 0.6) is 5.75 Å². The Morgan fingerprint density at radius 2 is 1.84 bits per heavy atom. The van der Waals surface area contributed by atoms with Gasteiger partial charge in [0, 0.05) is 6.54 Å². The van der Waals surface area contributed by atoms with Crippen LogP contribution < -0.4 is 15.6 Å². The standard InChI is InChI=1S/C18H15ClFN3O2/c19-17-16(21-10-11-25-15-8-6-13(20)7-9-15)12-22-23(18(17)24)14-4-2-1-3-5-14/h1-9,12,21H,10-11H2. The highest BCUT2D eigenvalue weighted by Gasteiger charge is 2.10. The molecule has 7 heteroatoms. The van der Waals surface area contributed by atoms with E-state index in [9.17, 15) is 9.18 Å². The lowest BCUT2D eigenvalue weighted by atomic mass is 10.3. The fourth-order valence-electron chi connectivity index (χ4n) is 2.19. The molecule has 0 aliphatic heterocycles. The molecular formula is C18H15ClFN3O2. The molecule has 25 heavy (non-hydrogen) atoms. The highest BCUT2D eigenvalue weighted by atomic mass is 35.5. The average Bonchev–Trinajstić information content (AvgIpc) is 2.64. The molecule has 0 saturated carbocycles. The molecule has 0 bridgehead atoms. The van der Waals surface area contributed by atoms with Gasteiger partial charge < -0.3 is 10.1 Å².